The van der Waals surface area contributed by atoms with Crippen LogP contribution < -0.4 is 10.6 Å². The number of carbonyl (C=O) groups excluding carboxylic acids is 1. The lowest BCUT2D eigenvalue weighted by molar-refractivity contribution is -0.139. The Morgan fingerprint density at radius 2 is 2.23 bits per heavy atom. The summed E-state index contributed by atoms with van der Waals surface area (Å²) in [6.07, 6.45) is 5.22. The van der Waals surface area contributed by atoms with Gasteiger partial charge in [0.15, 0.2) is 0 Å². The van der Waals surface area contributed by atoms with Crippen LogP contribution in [0.2, 0.25) is 0 Å². The molecule has 0 bridgehead atoms. The second-order valence-corrected chi connectivity index (χ2v) is 2.33. The third-order valence-electron chi connectivity index (χ3n) is 1.36. The number of hydrogen-bond acceptors (Lipinski definition) is 2. The van der Waals surface area contributed by atoms with Crippen LogP contribution in [0.15, 0.2) is 0 Å². The molecular weight excluding hydrogens is 172 g/mol. The Morgan fingerprint density at radius 3 is 2.62 bits per heavy atom. The van der Waals surface area contributed by atoms with E-state index in [-0.39, 0.29) is 6.54 Å². The highest BCUT2D eigenvalue weighted by Crippen LogP contribution is 1.89. The summed E-state index contributed by atoms with van der Waals surface area (Å²) in [4.78, 5) is 21.4. The van der Waals surface area contributed by atoms with Gasteiger partial charge in [0.2, 0.25) is 0 Å². The molecule has 0 heterocycles. The van der Waals surface area contributed by atoms with Crippen molar-refractivity contribution < 1.29 is 14.7 Å². The SMILES string of the molecule is C#CCNC(=O)N[C@H](CC)C(=O)O. The van der Waals surface area contributed by atoms with Gasteiger partial charge in [-0.15, -0.1) is 6.42 Å². The van der Waals surface area contributed by atoms with Gasteiger partial charge in [-0.2, -0.15) is 0 Å². The lowest BCUT2D eigenvalue weighted by Crippen LogP contribution is -2.45. The van der Waals surface area contributed by atoms with Crippen molar-refractivity contribution in [3.63, 3.8) is 0 Å². The Kier molecular flexibility index (Phi) is 5.12. The summed E-state index contributed by atoms with van der Waals surface area (Å²) in [6.45, 7) is 1.75. The van der Waals surface area contributed by atoms with Crippen molar-refractivity contribution in [1.82, 2.24) is 10.6 Å². The van der Waals surface area contributed by atoms with E-state index in [1.54, 1.807) is 6.92 Å². The lowest BCUT2D eigenvalue weighted by Gasteiger charge is -2.11. The van der Waals surface area contributed by atoms with Gasteiger partial charge in [-0.05, 0) is 6.42 Å². The van der Waals surface area contributed by atoms with Crippen molar-refractivity contribution >= 4 is 12.0 Å². The number of carboxylic acids is 1. The van der Waals surface area contributed by atoms with E-state index >= 15 is 0 Å². The zero-order valence-electron chi connectivity index (χ0n) is 7.33. The first-order chi connectivity index (χ1) is 6.11. The van der Waals surface area contributed by atoms with Crippen LogP contribution in [0.25, 0.3) is 0 Å². The molecule has 0 saturated carbocycles. The molecule has 0 radical (unpaired) electrons. The van der Waals surface area contributed by atoms with Crippen molar-refractivity contribution in [3.8, 4) is 12.3 Å². The predicted octanol–water partition coefficient (Wildman–Crippen LogP) is -0.218. The number of carboxylic acid groups (broad SMARTS) is 1. The van der Waals surface area contributed by atoms with Crippen molar-refractivity contribution in [2.24, 2.45) is 0 Å². The highest BCUT2D eigenvalue weighted by atomic mass is 16.4. The van der Waals surface area contributed by atoms with Gasteiger partial charge in [-0.1, -0.05) is 12.8 Å². The van der Waals surface area contributed by atoms with Gasteiger partial charge in [0, 0.05) is 0 Å². The van der Waals surface area contributed by atoms with Crippen LogP contribution >= 0.6 is 0 Å². The molecule has 0 aromatic rings. The van der Waals surface area contributed by atoms with E-state index < -0.39 is 18.0 Å². The molecule has 13 heavy (non-hydrogen) atoms. The quantitative estimate of drug-likeness (QED) is 0.528. The Hall–Kier alpha value is -1.70. The van der Waals surface area contributed by atoms with E-state index in [0.717, 1.165) is 0 Å². The normalized spacial score (nSPS) is 11.1. The fourth-order valence-corrected chi connectivity index (χ4v) is 0.679. The number of urea groups is 1. The molecule has 0 fully saturated rings. The summed E-state index contributed by atoms with van der Waals surface area (Å²) >= 11 is 0. The standard InChI is InChI=1S/C8H12N2O3/c1-3-5-9-8(13)10-6(4-2)7(11)12/h1,6H,4-5H2,2H3,(H,11,12)(H2,9,10,13)/t6-/m1/s1. The van der Waals surface area contributed by atoms with Crippen LogP contribution in [0.5, 0.6) is 0 Å². The van der Waals surface area contributed by atoms with Gasteiger partial charge in [0.25, 0.3) is 0 Å². The third-order valence-corrected chi connectivity index (χ3v) is 1.36. The third kappa shape index (κ3) is 4.69. The zero-order valence-corrected chi connectivity index (χ0v) is 7.33. The van der Waals surface area contributed by atoms with Gasteiger partial charge in [0.05, 0.1) is 6.54 Å². The molecule has 0 unspecified atom stereocenters. The molecule has 3 N–H and O–H groups in total. The predicted molar refractivity (Wildman–Crippen MR) is 47.1 cm³/mol. The van der Waals surface area contributed by atoms with E-state index in [2.05, 4.69) is 16.6 Å². The molecule has 0 spiro atoms. The summed E-state index contributed by atoms with van der Waals surface area (Å²) < 4.78 is 0. The molecule has 0 aliphatic rings. The topological polar surface area (TPSA) is 78.4 Å². The van der Waals surface area contributed by atoms with Gasteiger partial charge in [0.1, 0.15) is 6.04 Å². The Balaban J connectivity index is 3.88. The van der Waals surface area contributed by atoms with Crippen LogP contribution in [-0.4, -0.2) is 29.7 Å². The van der Waals surface area contributed by atoms with Gasteiger partial charge >= 0.3 is 12.0 Å². The highest BCUT2D eigenvalue weighted by Gasteiger charge is 2.16. The minimum atomic E-state index is -1.06. The fraction of sp³-hybridized carbons (Fsp3) is 0.500. The molecule has 0 rings (SSSR count). The van der Waals surface area contributed by atoms with Crippen molar-refractivity contribution in [1.29, 1.82) is 0 Å². The fourth-order valence-electron chi connectivity index (χ4n) is 0.679. The number of amides is 2. The maximum absolute atomic E-state index is 10.9. The first kappa shape index (κ1) is 11.3. The summed E-state index contributed by atoms with van der Waals surface area (Å²) in [7, 11) is 0. The number of nitrogens with one attached hydrogen (secondary N) is 2. The van der Waals surface area contributed by atoms with E-state index in [9.17, 15) is 9.59 Å². The van der Waals surface area contributed by atoms with E-state index in [1.807, 2.05) is 0 Å². The molecule has 1 atom stereocenters. The highest BCUT2D eigenvalue weighted by molar-refractivity contribution is 5.82. The maximum Gasteiger partial charge on any atom is 0.326 e. The van der Waals surface area contributed by atoms with Crippen LogP contribution in [0.3, 0.4) is 0 Å². The second kappa shape index (κ2) is 5.89. The van der Waals surface area contributed by atoms with Crippen molar-refractivity contribution in [2.45, 2.75) is 19.4 Å². The molecule has 0 aliphatic carbocycles. The summed E-state index contributed by atoms with van der Waals surface area (Å²) in [6, 6.07) is -1.43. The Labute approximate surface area is 76.5 Å². The molecule has 72 valence electrons. The van der Waals surface area contributed by atoms with Gasteiger partial charge in [-0.3, -0.25) is 0 Å². The monoisotopic (exact) mass is 184 g/mol. The average Bonchev–Trinajstić information content (AvgIpc) is 2.10. The van der Waals surface area contributed by atoms with Gasteiger partial charge < -0.3 is 15.7 Å². The molecule has 5 nitrogen and oxygen atoms in total. The smallest absolute Gasteiger partial charge is 0.326 e. The summed E-state index contributed by atoms with van der Waals surface area (Å²) in [5.41, 5.74) is 0. The molecule has 0 aromatic carbocycles. The number of rotatable bonds is 4. The first-order valence-corrected chi connectivity index (χ1v) is 3.82. The second-order valence-electron chi connectivity index (χ2n) is 2.33. The molecule has 5 heteroatoms. The Morgan fingerprint density at radius 1 is 1.62 bits per heavy atom. The molecular formula is C8H12N2O3. The summed E-state index contributed by atoms with van der Waals surface area (Å²) in [5, 5.41) is 13.1. The minimum absolute atomic E-state index is 0.0852. The van der Waals surface area contributed by atoms with Crippen LogP contribution in [0.4, 0.5) is 4.79 Å². The minimum Gasteiger partial charge on any atom is -0.480 e. The molecule has 0 saturated heterocycles. The van der Waals surface area contributed by atoms with E-state index in [1.165, 1.54) is 0 Å². The molecule has 2 amide bonds. The zero-order chi connectivity index (χ0) is 10.3. The van der Waals surface area contributed by atoms with Gasteiger partial charge in [-0.25, -0.2) is 9.59 Å². The Bertz CT molecular complexity index is 232. The van der Waals surface area contributed by atoms with E-state index in [4.69, 9.17) is 11.5 Å². The van der Waals surface area contributed by atoms with Crippen molar-refractivity contribution in [2.75, 3.05) is 6.54 Å². The number of hydrogen-bond donors (Lipinski definition) is 3. The molecule has 0 aliphatic heterocycles. The van der Waals surface area contributed by atoms with Crippen molar-refractivity contribution in [3.05, 3.63) is 0 Å². The first-order valence-electron chi connectivity index (χ1n) is 3.82. The summed E-state index contributed by atoms with van der Waals surface area (Å²) in [5.74, 6) is 1.14. The maximum atomic E-state index is 10.9. The lowest BCUT2D eigenvalue weighted by atomic mass is 10.2. The average molecular weight is 184 g/mol. The molecule has 0 aromatic heterocycles. The van der Waals surface area contributed by atoms with E-state index in [0.29, 0.717) is 6.42 Å². The number of aliphatic carboxylic acids is 1. The van der Waals surface area contributed by atoms with Crippen LogP contribution in [-0.2, 0) is 4.79 Å². The largest absolute Gasteiger partial charge is 0.480 e. The van der Waals surface area contributed by atoms with Crippen LogP contribution in [0.1, 0.15) is 13.3 Å². The number of carbonyl (C=O) groups is 2. The van der Waals surface area contributed by atoms with Crippen LogP contribution in [0, 0.1) is 12.3 Å². The number of terminal acetylenes is 1.